The van der Waals surface area contributed by atoms with Crippen LogP contribution in [0.3, 0.4) is 0 Å². The Bertz CT molecular complexity index is 835. The first-order valence-electron chi connectivity index (χ1n) is 7.03. The number of anilines is 1. The largest absolute Gasteiger partial charge is 0.354 e. The summed E-state index contributed by atoms with van der Waals surface area (Å²) in [6.45, 7) is -0.811. The maximum absolute atomic E-state index is 13.1. The number of hydrogen-bond donors (Lipinski definition) is 2. The Balaban J connectivity index is 2.26. The molecule has 2 amide bonds. The highest BCUT2D eigenvalue weighted by Gasteiger charge is 2.29. The van der Waals surface area contributed by atoms with E-state index in [9.17, 15) is 27.2 Å². The lowest BCUT2D eigenvalue weighted by atomic mass is 10.3. The second-order valence-corrected chi connectivity index (χ2v) is 5.41. The Morgan fingerprint density at radius 2 is 1.88 bits per heavy atom. The molecule has 0 spiro atoms. The van der Waals surface area contributed by atoms with Gasteiger partial charge < -0.3 is 10.6 Å². The van der Waals surface area contributed by atoms with E-state index in [0.717, 1.165) is 0 Å². The molecule has 0 saturated carbocycles. The predicted octanol–water partition coefficient (Wildman–Crippen LogP) is 2.14. The zero-order valence-electron chi connectivity index (χ0n) is 13.4. The van der Waals surface area contributed by atoms with Gasteiger partial charge in [-0.2, -0.15) is 10.2 Å². The molecule has 8 nitrogen and oxygen atoms in total. The molecule has 13 heteroatoms. The zero-order chi connectivity index (χ0) is 19.6. The third-order valence-corrected chi connectivity index (χ3v) is 3.60. The topological polar surface area (TPSA) is 93.8 Å². The van der Waals surface area contributed by atoms with E-state index >= 15 is 0 Å². The van der Waals surface area contributed by atoms with E-state index in [0.29, 0.717) is 4.68 Å². The highest BCUT2D eigenvalue weighted by Crippen LogP contribution is 2.34. The van der Waals surface area contributed by atoms with Crippen molar-refractivity contribution in [3.63, 3.8) is 0 Å². The summed E-state index contributed by atoms with van der Waals surface area (Å²) in [5, 5.41) is 10.9. The first kappa shape index (κ1) is 19.7. The molecule has 0 aromatic carbocycles. The quantitative estimate of drug-likeness (QED) is 0.731. The van der Waals surface area contributed by atoms with Gasteiger partial charge in [-0.05, 0) is 0 Å². The summed E-state index contributed by atoms with van der Waals surface area (Å²) in [7, 11) is 2.86. The van der Waals surface area contributed by atoms with E-state index in [4.69, 9.17) is 11.6 Å². The lowest BCUT2D eigenvalue weighted by molar-refractivity contribution is -0.117. The Labute approximate surface area is 149 Å². The van der Waals surface area contributed by atoms with Crippen molar-refractivity contribution in [2.45, 2.75) is 19.4 Å². The van der Waals surface area contributed by atoms with Gasteiger partial charge in [0.25, 0.3) is 18.8 Å². The summed E-state index contributed by atoms with van der Waals surface area (Å²) in [6.07, 6.45) is -5.07. The van der Waals surface area contributed by atoms with Crippen LogP contribution in [0.4, 0.5) is 23.2 Å². The van der Waals surface area contributed by atoms with Crippen LogP contribution in [-0.2, 0) is 18.4 Å². The summed E-state index contributed by atoms with van der Waals surface area (Å²) in [6, 6.07) is 0. The minimum absolute atomic E-state index is 0.0165. The van der Waals surface area contributed by atoms with Crippen molar-refractivity contribution in [2.24, 2.45) is 7.05 Å². The van der Waals surface area contributed by atoms with Gasteiger partial charge in [0.1, 0.15) is 17.9 Å². The fourth-order valence-corrected chi connectivity index (χ4v) is 2.43. The second kappa shape index (κ2) is 7.72. The third-order valence-electron chi connectivity index (χ3n) is 3.21. The van der Waals surface area contributed by atoms with Gasteiger partial charge in [0, 0.05) is 20.3 Å². The number of rotatable bonds is 6. The molecule has 2 N–H and O–H groups in total. The first-order chi connectivity index (χ1) is 12.1. The number of halogens is 5. The summed E-state index contributed by atoms with van der Waals surface area (Å²) in [4.78, 5) is 23.8. The molecule has 2 heterocycles. The van der Waals surface area contributed by atoms with E-state index in [-0.39, 0.29) is 11.4 Å². The highest BCUT2D eigenvalue weighted by atomic mass is 35.5. The highest BCUT2D eigenvalue weighted by molar-refractivity contribution is 6.32. The fourth-order valence-electron chi connectivity index (χ4n) is 2.13. The molecule has 0 atom stereocenters. The summed E-state index contributed by atoms with van der Waals surface area (Å²) in [5.41, 5.74) is -2.12. The third kappa shape index (κ3) is 3.95. The van der Waals surface area contributed by atoms with Crippen molar-refractivity contribution in [3.8, 4) is 0 Å². The summed E-state index contributed by atoms with van der Waals surface area (Å²) in [5.74, 6) is -1.47. The van der Waals surface area contributed by atoms with Crippen LogP contribution in [-0.4, -0.2) is 38.4 Å². The van der Waals surface area contributed by atoms with E-state index in [1.807, 2.05) is 0 Å². The van der Waals surface area contributed by atoms with E-state index in [1.165, 1.54) is 25.0 Å². The standard InChI is InChI=1S/C13H13ClF4N6O2/c1-19-13(26)8-5(3-23(2)21-8)20-6(25)4-24-10(12(17)18)7(14)9(22-24)11(15)16/h3,11-12H,4H2,1-2H3,(H,19,26)(H,20,25). The van der Waals surface area contributed by atoms with Gasteiger partial charge in [0.05, 0.1) is 10.7 Å². The molecule has 0 radical (unpaired) electrons. The zero-order valence-corrected chi connectivity index (χ0v) is 14.2. The van der Waals surface area contributed by atoms with Crippen LogP contribution in [0.1, 0.15) is 34.7 Å². The molecule has 0 aliphatic heterocycles. The number of amides is 2. The van der Waals surface area contributed by atoms with Crippen LogP contribution in [0.2, 0.25) is 5.02 Å². The lowest BCUT2D eigenvalue weighted by Crippen LogP contribution is -2.24. The minimum atomic E-state index is -3.21. The molecule has 0 fully saturated rings. The van der Waals surface area contributed by atoms with E-state index in [2.05, 4.69) is 20.8 Å². The van der Waals surface area contributed by atoms with Gasteiger partial charge >= 0.3 is 0 Å². The molecular formula is C13H13ClF4N6O2. The monoisotopic (exact) mass is 396 g/mol. The molecule has 0 unspecified atom stereocenters. The van der Waals surface area contributed by atoms with Crippen LogP contribution in [0.25, 0.3) is 0 Å². The second-order valence-electron chi connectivity index (χ2n) is 5.04. The van der Waals surface area contributed by atoms with E-state index < -0.39 is 47.6 Å². The molecule has 0 aliphatic carbocycles. The van der Waals surface area contributed by atoms with Crippen LogP contribution in [0.5, 0.6) is 0 Å². The van der Waals surface area contributed by atoms with Gasteiger partial charge in [-0.15, -0.1) is 0 Å². The molecule has 2 aromatic heterocycles. The van der Waals surface area contributed by atoms with Crippen molar-refractivity contribution in [1.29, 1.82) is 0 Å². The number of nitrogens with one attached hydrogen (secondary N) is 2. The molecule has 0 aliphatic rings. The van der Waals surface area contributed by atoms with Gasteiger partial charge in [-0.1, -0.05) is 11.6 Å². The van der Waals surface area contributed by atoms with Gasteiger partial charge in [0.15, 0.2) is 5.69 Å². The van der Waals surface area contributed by atoms with Crippen molar-refractivity contribution >= 4 is 29.1 Å². The van der Waals surface area contributed by atoms with Crippen LogP contribution >= 0.6 is 11.6 Å². The molecule has 0 saturated heterocycles. The number of hydrogen-bond acceptors (Lipinski definition) is 4. The van der Waals surface area contributed by atoms with Crippen molar-refractivity contribution in [1.82, 2.24) is 24.9 Å². The van der Waals surface area contributed by atoms with Crippen molar-refractivity contribution < 1.29 is 27.2 Å². The Morgan fingerprint density at radius 1 is 1.23 bits per heavy atom. The molecule has 2 rings (SSSR count). The van der Waals surface area contributed by atoms with Gasteiger partial charge in [-0.25, -0.2) is 17.6 Å². The smallest absolute Gasteiger partial charge is 0.283 e. The lowest BCUT2D eigenvalue weighted by Gasteiger charge is -2.08. The van der Waals surface area contributed by atoms with Crippen molar-refractivity contribution in [2.75, 3.05) is 12.4 Å². The molecule has 2 aromatic rings. The first-order valence-corrected chi connectivity index (χ1v) is 7.41. The average Bonchev–Trinajstić information content (AvgIpc) is 3.06. The summed E-state index contributed by atoms with van der Waals surface area (Å²) < 4.78 is 53.4. The minimum Gasteiger partial charge on any atom is -0.354 e. The Hall–Kier alpha value is -2.63. The Morgan fingerprint density at radius 3 is 2.42 bits per heavy atom. The average molecular weight is 397 g/mol. The number of carbonyl (C=O) groups excluding carboxylic acids is 2. The molecule has 0 bridgehead atoms. The number of alkyl halides is 4. The van der Waals surface area contributed by atoms with Crippen LogP contribution in [0, 0.1) is 0 Å². The summed E-state index contributed by atoms with van der Waals surface area (Å²) >= 11 is 5.51. The van der Waals surface area contributed by atoms with E-state index in [1.54, 1.807) is 0 Å². The van der Waals surface area contributed by atoms with Crippen LogP contribution < -0.4 is 10.6 Å². The number of carbonyl (C=O) groups is 2. The predicted molar refractivity (Wildman–Crippen MR) is 82.4 cm³/mol. The Kier molecular flexibility index (Phi) is 5.85. The van der Waals surface area contributed by atoms with Gasteiger partial charge in [0.2, 0.25) is 5.91 Å². The number of nitrogens with zero attached hydrogens (tertiary/aromatic N) is 4. The molecule has 142 valence electrons. The molecule has 26 heavy (non-hydrogen) atoms. The number of aromatic nitrogens is 4. The number of aryl methyl sites for hydroxylation is 1. The maximum Gasteiger partial charge on any atom is 0.283 e. The normalized spacial score (nSPS) is 11.3. The molecular weight excluding hydrogens is 384 g/mol. The fraction of sp³-hybridized carbons (Fsp3) is 0.385. The van der Waals surface area contributed by atoms with Gasteiger partial charge in [-0.3, -0.25) is 19.0 Å². The SMILES string of the molecule is CNC(=O)c1nn(C)cc1NC(=O)Cn1nc(C(F)F)c(Cl)c1C(F)F. The van der Waals surface area contributed by atoms with Crippen LogP contribution in [0.15, 0.2) is 6.20 Å². The van der Waals surface area contributed by atoms with Crippen molar-refractivity contribution in [3.05, 3.63) is 28.3 Å². The maximum atomic E-state index is 13.1.